The monoisotopic (exact) mass is 303 g/mol. The second-order valence-corrected chi connectivity index (χ2v) is 7.62. The van der Waals surface area contributed by atoms with Gasteiger partial charge in [-0.15, -0.1) is 4.72 Å². The van der Waals surface area contributed by atoms with Crippen LogP contribution in [-0.2, 0) is 17.8 Å². The van der Waals surface area contributed by atoms with E-state index >= 15 is 0 Å². The molecule has 0 aliphatic carbocycles. The predicted molar refractivity (Wildman–Crippen MR) is 73.7 cm³/mol. The summed E-state index contributed by atoms with van der Waals surface area (Å²) in [7, 11) is 0. The third-order valence-electron chi connectivity index (χ3n) is 2.12. The molecule has 0 aromatic heterocycles. The molecule has 4 heteroatoms. The standard InChI is InChI=1S/C12H18BrNOS/c1-12(2,3)16(15)14-9-8-10-4-6-11(13)7-5-10/h4-7,14H,8-9H2,1-3H3/t16-/m1/s1. The summed E-state index contributed by atoms with van der Waals surface area (Å²) in [5.41, 5.74) is 1.25. The van der Waals surface area contributed by atoms with Crippen LogP contribution in [0.15, 0.2) is 28.7 Å². The highest BCUT2D eigenvalue weighted by atomic mass is 79.9. The first-order valence-corrected chi connectivity index (χ1v) is 7.24. The van der Waals surface area contributed by atoms with Crippen molar-refractivity contribution in [1.82, 2.24) is 4.72 Å². The van der Waals surface area contributed by atoms with Crippen LogP contribution in [0.5, 0.6) is 0 Å². The summed E-state index contributed by atoms with van der Waals surface area (Å²) in [4.78, 5) is 0. The Kier molecular flexibility index (Phi) is 5.31. The summed E-state index contributed by atoms with van der Waals surface area (Å²) >= 11 is 2.42. The van der Waals surface area contributed by atoms with Crippen molar-refractivity contribution in [3.8, 4) is 0 Å². The summed E-state index contributed by atoms with van der Waals surface area (Å²) in [6.07, 6.45) is 0.898. The Balaban J connectivity index is 2.33. The Morgan fingerprint density at radius 3 is 2.31 bits per heavy atom. The lowest BCUT2D eigenvalue weighted by molar-refractivity contribution is 0.544. The van der Waals surface area contributed by atoms with Gasteiger partial charge in [0.1, 0.15) is 4.75 Å². The van der Waals surface area contributed by atoms with E-state index in [1.807, 2.05) is 32.9 Å². The Bertz CT molecular complexity index is 321. The van der Waals surface area contributed by atoms with Crippen molar-refractivity contribution in [1.29, 1.82) is 0 Å². The molecular formula is C12H18BrNOS. The second kappa shape index (κ2) is 6.05. The largest absolute Gasteiger partial charge is 0.598 e. The van der Waals surface area contributed by atoms with E-state index in [0.717, 1.165) is 17.4 Å². The van der Waals surface area contributed by atoms with E-state index in [4.69, 9.17) is 0 Å². The van der Waals surface area contributed by atoms with Crippen LogP contribution < -0.4 is 4.72 Å². The number of halogens is 1. The molecule has 0 spiro atoms. The summed E-state index contributed by atoms with van der Waals surface area (Å²) in [5.74, 6) is 0. The van der Waals surface area contributed by atoms with Crippen LogP contribution in [0.25, 0.3) is 0 Å². The van der Waals surface area contributed by atoms with Gasteiger partial charge in [-0.1, -0.05) is 28.1 Å². The molecule has 1 atom stereocenters. The van der Waals surface area contributed by atoms with Crippen LogP contribution in [0.3, 0.4) is 0 Å². The van der Waals surface area contributed by atoms with E-state index in [9.17, 15) is 4.55 Å². The minimum absolute atomic E-state index is 0.195. The summed E-state index contributed by atoms with van der Waals surface area (Å²) in [5, 5.41) is 0. The van der Waals surface area contributed by atoms with E-state index in [1.54, 1.807) is 0 Å². The molecule has 0 saturated carbocycles. The van der Waals surface area contributed by atoms with Crippen molar-refractivity contribution in [2.75, 3.05) is 6.54 Å². The molecule has 0 bridgehead atoms. The smallest absolute Gasteiger partial charge is 0.136 e. The van der Waals surface area contributed by atoms with Crippen molar-refractivity contribution in [3.63, 3.8) is 0 Å². The number of nitrogens with one attached hydrogen (secondary N) is 1. The maximum atomic E-state index is 11.7. The molecular weight excluding hydrogens is 286 g/mol. The topological polar surface area (TPSA) is 35.1 Å². The molecule has 1 aromatic carbocycles. The van der Waals surface area contributed by atoms with Gasteiger partial charge in [0.2, 0.25) is 0 Å². The van der Waals surface area contributed by atoms with Crippen LogP contribution in [0, 0.1) is 0 Å². The third kappa shape index (κ3) is 4.87. The van der Waals surface area contributed by atoms with Crippen LogP contribution in [0.1, 0.15) is 26.3 Å². The van der Waals surface area contributed by atoms with Crippen molar-refractivity contribution in [3.05, 3.63) is 34.3 Å². The highest BCUT2D eigenvalue weighted by Crippen LogP contribution is 2.13. The zero-order valence-corrected chi connectivity index (χ0v) is 12.3. The van der Waals surface area contributed by atoms with Gasteiger partial charge >= 0.3 is 0 Å². The molecule has 0 aliphatic rings. The van der Waals surface area contributed by atoms with Gasteiger partial charge < -0.3 is 4.55 Å². The van der Waals surface area contributed by atoms with Gasteiger partial charge in [-0.2, -0.15) is 0 Å². The first kappa shape index (κ1) is 14.0. The maximum Gasteiger partial charge on any atom is 0.136 e. The molecule has 90 valence electrons. The van der Waals surface area contributed by atoms with Gasteiger partial charge in [0, 0.05) is 22.4 Å². The lowest BCUT2D eigenvalue weighted by Gasteiger charge is -2.23. The fraction of sp³-hybridized carbons (Fsp3) is 0.500. The van der Waals surface area contributed by atoms with Crippen molar-refractivity contribution < 1.29 is 4.55 Å². The van der Waals surface area contributed by atoms with Gasteiger partial charge in [0.25, 0.3) is 0 Å². The SMILES string of the molecule is CC(C)(C)[S@@+]([O-])NCCc1ccc(Br)cc1. The van der Waals surface area contributed by atoms with Gasteiger partial charge in [0.05, 0.1) is 0 Å². The fourth-order valence-electron chi connectivity index (χ4n) is 1.16. The molecule has 1 rings (SSSR count). The third-order valence-corrected chi connectivity index (χ3v) is 4.22. The summed E-state index contributed by atoms with van der Waals surface area (Å²) in [6, 6.07) is 8.20. The molecule has 0 unspecified atom stereocenters. The fourth-order valence-corrected chi connectivity index (χ4v) is 2.14. The van der Waals surface area contributed by atoms with Gasteiger partial charge in [-0.05, 0) is 44.9 Å². The summed E-state index contributed by atoms with van der Waals surface area (Å²) < 4.78 is 15.6. The van der Waals surface area contributed by atoms with Gasteiger partial charge in [0.15, 0.2) is 0 Å². The van der Waals surface area contributed by atoms with E-state index < -0.39 is 11.4 Å². The molecule has 0 radical (unpaired) electrons. The molecule has 2 nitrogen and oxygen atoms in total. The average molecular weight is 304 g/mol. The van der Waals surface area contributed by atoms with E-state index in [0.29, 0.717) is 0 Å². The van der Waals surface area contributed by atoms with Crippen LogP contribution in [-0.4, -0.2) is 15.8 Å². The first-order valence-electron chi connectivity index (χ1n) is 5.29. The number of hydrogen-bond donors (Lipinski definition) is 1. The lowest BCUT2D eigenvalue weighted by atomic mass is 10.2. The molecule has 1 N–H and O–H groups in total. The van der Waals surface area contributed by atoms with Crippen LogP contribution in [0.4, 0.5) is 0 Å². The normalized spacial score (nSPS) is 13.8. The average Bonchev–Trinajstić information content (AvgIpc) is 2.19. The van der Waals surface area contributed by atoms with E-state index in [-0.39, 0.29) is 4.75 Å². The van der Waals surface area contributed by atoms with Crippen LogP contribution in [0.2, 0.25) is 0 Å². The Hall–Kier alpha value is -0.0300. The number of rotatable bonds is 4. The second-order valence-electron chi connectivity index (χ2n) is 4.65. The molecule has 0 aliphatic heterocycles. The van der Waals surface area contributed by atoms with E-state index in [2.05, 4.69) is 32.8 Å². The highest BCUT2D eigenvalue weighted by molar-refractivity contribution is 9.10. The Morgan fingerprint density at radius 2 is 1.81 bits per heavy atom. The van der Waals surface area contributed by atoms with Crippen molar-refractivity contribution in [2.45, 2.75) is 31.9 Å². The molecule has 0 amide bonds. The number of hydrogen-bond acceptors (Lipinski definition) is 2. The first-order chi connectivity index (χ1) is 7.39. The zero-order valence-electron chi connectivity index (χ0n) is 9.92. The molecule has 16 heavy (non-hydrogen) atoms. The molecule has 0 fully saturated rings. The maximum absolute atomic E-state index is 11.7. The summed E-state index contributed by atoms with van der Waals surface area (Å²) in [6.45, 7) is 6.65. The van der Waals surface area contributed by atoms with Crippen LogP contribution >= 0.6 is 15.9 Å². The Labute approximate surface area is 109 Å². The van der Waals surface area contributed by atoms with E-state index in [1.165, 1.54) is 5.56 Å². The number of benzene rings is 1. The quantitative estimate of drug-likeness (QED) is 0.868. The minimum atomic E-state index is -0.975. The van der Waals surface area contributed by atoms with Crippen molar-refractivity contribution in [2.24, 2.45) is 0 Å². The minimum Gasteiger partial charge on any atom is -0.598 e. The highest BCUT2D eigenvalue weighted by Gasteiger charge is 2.25. The lowest BCUT2D eigenvalue weighted by Crippen LogP contribution is -2.40. The Morgan fingerprint density at radius 1 is 1.25 bits per heavy atom. The predicted octanol–water partition coefficient (Wildman–Crippen LogP) is 3.04. The molecule has 0 saturated heterocycles. The zero-order chi connectivity index (χ0) is 12.2. The molecule has 0 heterocycles. The molecule has 1 aromatic rings. The van der Waals surface area contributed by atoms with Crippen molar-refractivity contribution >= 4 is 27.3 Å². The van der Waals surface area contributed by atoms with Gasteiger partial charge in [-0.3, -0.25) is 0 Å². The van der Waals surface area contributed by atoms with Gasteiger partial charge in [-0.25, -0.2) is 0 Å².